The molecular weight excluding hydrogens is 538 g/mol. The van der Waals surface area contributed by atoms with E-state index >= 15 is 0 Å². The number of benzene rings is 1. The fourth-order valence-electron chi connectivity index (χ4n) is 4.49. The van der Waals surface area contributed by atoms with E-state index in [4.69, 9.17) is 20.9 Å². The van der Waals surface area contributed by atoms with Gasteiger partial charge in [-0.15, -0.1) is 0 Å². The number of halogens is 1. The summed E-state index contributed by atoms with van der Waals surface area (Å²) in [7, 11) is -4.54. The molecule has 1 aliphatic heterocycles. The maximum atomic E-state index is 13.5. The molecule has 0 bridgehead atoms. The van der Waals surface area contributed by atoms with E-state index in [1.807, 2.05) is 13.8 Å². The first kappa shape index (κ1) is 31.8. The smallest absolute Gasteiger partial charge is 0.324 e. The summed E-state index contributed by atoms with van der Waals surface area (Å²) in [5.41, 5.74) is -2.43. The Labute approximate surface area is 229 Å². The van der Waals surface area contributed by atoms with Gasteiger partial charge in [0.15, 0.2) is 5.75 Å². The van der Waals surface area contributed by atoms with Gasteiger partial charge >= 0.3 is 12.0 Å². The van der Waals surface area contributed by atoms with Gasteiger partial charge in [0.25, 0.3) is 10.1 Å². The van der Waals surface area contributed by atoms with Crippen molar-refractivity contribution < 1.29 is 37.2 Å². The minimum absolute atomic E-state index is 0.181. The highest BCUT2D eigenvalue weighted by molar-refractivity contribution is 7.86. The number of nitrogens with one attached hydrogen (secondary N) is 2. The Kier molecular flexibility index (Phi) is 9.85. The molecule has 1 aromatic carbocycles. The van der Waals surface area contributed by atoms with Crippen molar-refractivity contribution in [3.8, 4) is 0 Å². The number of ether oxygens (including phenoxy) is 1. The van der Waals surface area contributed by atoms with Crippen LogP contribution in [0.4, 0.5) is 4.79 Å². The number of aliphatic hydroxyl groups is 1. The predicted molar refractivity (Wildman–Crippen MR) is 142 cm³/mol. The Morgan fingerprint density at radius 3 is 2.26 bits per heavy atom. The summed E-state index contributed by atoms with van der Waals surface area (Å²) in [6.07, 6.45) is 0.299. The van der Waals surface area contributed by atoms with E-state index in [1.165, 1.54) is 13.8 Å². The fourth-order valence-corrected chi connectivity index (χ4v) is 4.97. The zero-order valence-corrected chi connectivity index (χ0v) is 24.1. The van der Waals surface area contributed by atoms with Crippen LogP contribution >= 0.6 is 11.6 Å². The maximum absolute atomic E-state index is 13.5. The van der Waals surface area contributed by atoms with Crippen LogP contribution in [0.1, 0.15) is 53.5 Å². The van der Waals surface area contributed by atoms with Gasteiger partial charge in [-0.2, -0.15) is 8.42 Å². The van der Waals surface area contributed by atoms with Crippen molar-refractivity contribution in [2.24, 2.45) is 11.3 Å². The molecule has 1 fully saturated rings. The second kappa shape index (κ2) is 11.8. The number of urea groups is 1. The van der Waals surface area contributed by atoms with E-state index in [2.05, 4.69) is 10.6 Å². The van der Waals surface area contributed by atoms with Gasteiger partial charge in [-0.05, 0) is 43.9 Å². The summed E-state index contributed by atoms with van der Waals surface area (Å²) in [4.78, 5) is 39.4. The molecular formula is C25H38ClN3O8S. The molecule has 4 N–H and O–H groups in total. The minimum atomic E-state index is -4.54. The lowest BCUT2D eigenvalue weighted by Crippen LogP contribution is -2.61. The number of hydrogen-bond acceptors (Lipinski definition) is 7. The van der Waals surface area contributed by atoms with E-state index < -0.39 is 50.5 Å². The van der Waals surface area contributed by atoms with E-state index in [-0.39, 0.29) is 31.5 Å². The highest BCUT2D eigenvalue weighted by Crippen LogP contribution is 2.46. The highest BCUT2D eigenvalue weighted by Gasteiger charge is 2.50. The number of carbonyl (C=O) groups excluding carboxylic acids is 3. The number of nitrogens with zero attached hydrogens (tertiary/aromatic N) is 1. The number of piperidine rings is 1. The van der Waals surface area contributed by atoms with Crippen molar-refractivity contribution in [2.75, 3.05) is 25.4 Å². The quantitative estimate of drug-likeness (QED) is 0.257. The lowest BCUT2D eigenvalue weighted by atomic mass is 9.66. The lowest BCUT2D eigenvalue weighted by Gasteiger charge is -2.51. The molecule has 0 aliphatic carbocycles. The molecule has 11 nitrogen and oxygen atoms in total. The minimum Gasteiger partial charge on any atom is -0.457 e. The van der Waals surface area contributed by atoms with Crippen LogP contribution in [0.2, 0.25) is 5.02 Å². The summed E-state index contributed by atoms with van der Waals surface area (Å²) >= 11 is 6.00. The summed E-state index contributed by atoms with van der Waals surface area (Å²) in [6.45, 7) is 10.6. The Bertz CT molecular complexity index is 1140. The molecule has 13 heteroatoms. The van der Waals surface area contributed by atoms with Gasteiger partial charge in [0.05, 0.1) is 12.1 Å². The Morgan fingerprint density at radius 1 is 1.18 bits per heavy atom. The van der Waals surface area contributed by atoms with Crippen molar-refractivity contribution in [3.05, 3.63) is 34.9 Å². The largest absolute Gasteiger partial charge is 0.457 e. The van der Waals surface area contributed by atoms with Crippen LogP contribution in [0.25, 0.3) is 0 Å². The molecule has 1 heterocycles. The second-order valence-electron chi connectivity index (χ2n) is 11.3. The van der Waals surface area contributed by atoms with Crippen LogP contribution in [0.5, 0.6) is 0 Å². The van der Waals surface area contributed by atoms with Gasteiger partial charge in [0.1, 0.15) is 11.6 Å². The van der Waals surface area contributed by atoms with Gasteiger partial charge in [0, 0.05) is 23.5 Å². The topological polar surface area (TPSA) is 162 Å². The lowest BCUT2D eigenvalue weighted by molar-refractivity contribution is -0.155. The van der Waals surface area contributed by atoms with Crippen LogP contribution < -0.4 is 10.6 Å². The molecule has 0 spiro atoms. The molecule has 2 rings (SSSR count). The predicted octanol–water partition coefficient (Wildman–Crippen LogP) is 2.32. The Balaban J connectivity index is 2.03. The fraction of sp³-hybridized carbons (Fsp3) is 0.640. The average Bonchev–Trinajstić information content (AvgIpc) is 2.76. The summed E-state index contributed by atoms with van der Waals surface area (Å²) in [6, 6.07) is 5.47. The van der Waals surface area contributed by atoms with Crippen molar-refractivity contribution >= 4 is 39.6 Å². The number of hydrogen-bond donors (Lipinski definition) is 4. The van der Waals surface area contributed by atoms with E-state index in [9.17, 15) is 27.9 Å². The first-order valence-electron chi connectivity index (χ1n) is 12.2. The van der Waals surface area contributed by atoms with Crippen molar-refractivity contribution in [3.63, 3.8) is 0 Å². The van der Waals surface area contributed by atoms with Gasteiger partial charge < -0.3 is 25.4 Å². The average molecular weight is 576 g/mol. The van der Waals surface area contributed by atoms with Crippen molar-refractivity contribution in [1.29, 1.82) is 0 Å². The number of rotatable bonds is 9. The Hall–Kier alpha value is -2.41. The van der Waals surface area contributed by atoms with Gasteiger partial charge in [0.2, 0.25) is 5.91 Å². The molecule has 1 saturated heterocycles. The number of esters is 1. The van der Waals surface area contributed by atoms with Crippen LogP contribution in [-0.4, -0.2) is 77.9 Å². The van der Waals surface area contributed by atoms with E-state index in [0.717, 1.165) is 5.56 Å². The molecule has 0 unspecified atom stereocenters. The van der Waals surface area contributed by atoms with Gasteiger partial charge in [-0.3, -0.25) is 14.1 Å². The van der Waals surface area contributed by atoms with Gasteiger partial charge in [-0.25, -0.2) is 4.79 Å². The van der Waals surface area contributed by atoms with Crippen LogP contribution in [0, 0.1) is 11.3 Å². The third-order valence-electron chi connectivity index (χ3n) is 6.67. The van der Waals surface area contributed by atoms with Crippen LogP contribution in [0.15, 0.2) is 24.3 Å². The molecule has 0 aromatic heterocycles. The van der Waals surface area contributed by atoms with Crippen LogP contribution in [0.3, 0.4) is 0 Å². The first-order chi connectivity index (χ1) is 17.3. The van der Waals surface area contributed by atoms with E-state index in [0.29, 0.717) is 11.4 Å². The summed E-state index contributed by atoms with van der Waals surface area (Å²) in [5.74, 6) is -2.92. The Morgan fingerprint density at radius 2 is 1.76 bits per heavy atom. The summed E-state index contributed by atoms with van der Waals surface area (Å²) < 4.78 is 35.5. The van der Waals surface area contributed by atoms with Crippen molar-refractivity contribution in [1.82, 2.24) is 15.5 Å². The number of amides is 3. The monoisotopic (exact) mass is 575 g/mol. The maximum Gasteiger partial charge on any atom is 0.324 e. The van der Waals surface area contributed by atoms with E-state index in [1.54, 1.807) is 43.0 Å². The zero-order chi connectivity index (χ0) is 29.1. The summed E-state index contributed by atoms with van der Waals surface area (Å²) in [5, 5.41) is 17.3. The molecule has 3 amide bonds. The SMILES string of the molecule is CC(C)[C@@H](NC(=O)NCC(C)(C)OC(=O)CS(=O)(=O)O)C(=O)N1CC[C@](O)(c2ccc(Cl)cc2)C(C)(C)C1. The molecule has 0 saturated carbocycles. The normalized spacial score (nSPS) is 20.5. The molecule has 0 radical (unpaired) electrons. The third kappa shape index (κ3) is 8.29. The first-order valence-corrected chi connectivity index (χ1v) is 14.2. The molecule has 214 valence electrons. The third-order valence-corrected chi connectivity index (χ3v) is 7.52. The molecule has 1 aromatic rings. The number of likely N-dealkylation sites (tertiary alicyclic amines) is 1. The molecule has 38 heavy (non-hydrogen) atoms. The van der Waals surface area contributed by atoms with Gasteiger partial charge in [-0.1, -0.05) is 51.4 Å². The molecule has 1 aliphatic rings. The van der Waals surface area contributed by atoms with Crippen LogP contribution in [-0.2, 0) is 30.0 Å². The molecule has 2 atom stereocenters. The standard InChI is InChI=1S/C25H38ClN3O8S/c1-16(2)20(28-22(32)27-14-24(5,6)37-19(30)13-38(34,35)36)21(31)29-12-11-25(33,23(3,4)15-29)17-7-9-18(26)10-8-17/h7-10,16,20,33H,11-15H2,1-6H3,(H2,27,28,32)(H,34,35,36)/t20-,25+/m1/s1. The second-order valence-corrected chi connectivity index (χ2v) is 13.2. The van der Waals surface area contributed by atoms with Crippen molar-refractivity contribution in [2.45, 2.75) is 65.2 Å². The highest BCUT2D eigenvalue weighted by atomic mass is 35.5. The number of carbonyl (C=O) groups is 3. The zero-order valence-electron chi connectivity index (χ0n) is 22.6.